The summed E-state index contributed by atoms with van der Waals surface area (Å²) in [4.78, 5) is 14.0. The van der Waals surface area contributed by atoms with Crippen molar-refractivity contribution in [1.29, 1.82) is 0 Å². The Kier molecular flexibility index (Phi) is 3.64. The topological polar surface area (TPSA) is 47.7 Å². The molecule has 0 saturated carbocycles. The molecule has 2 N–H and O–H groups in total. The highest BCUT2D eigenvalue weighted by atomic mass is 15.2. The Morgan fingerprint density at radius 2 is 1.96 bits per heavy atom. The maximum atomic E-state index is 4.45. The monoisotopic (exact) mass is 342 g/mol. The number of para-hydroxylation sites is 1. The molecule has 0 saturated heterocycles. The van der Waals surface area contributed by atoms with Gasteiger partial charge >= 0.3 is 0 Å². The van der Waals surface area contributed by atoms with Gasteiger partial charge in [-0.05, 0) is 36.1 Å². The van der Waals surface area contributed by atoms with Crippen molar-refractivity contribution in [2.24, 2.45) is 0 Å². The summed E-state index contributed by atoms with van der Waals surface area (Å²) in [5.74, 6) is 1.02. The van der Waals surface area contributed by atoms with Gasteiger partial charge in [0.2, 0.25) is 0 Å². The summed E-state index contributed by atoms with van der Waals surface area (Å²) in [5, 5.41) is 1.36. The van der Waals surface area contributed by atoms with Gasteiger partial charge in [-0.25, -0.2) is 4.98 Å². The molecule has 0 spiro atoms. The van der Waals surface area contributed by atoms with Crippen LogP contribution in [0, 0.1) is 6.92 Å². The van der Waals surface area contributed by atoms with Crippen molar-refractivity contribution in [1.82, 2.24) is 19.9 Å². The minimum Gasteiger partial charge on any atom is -0.357 e. The number of H-pyrrole nitrogens is 2. The van der Waals surface area contributed by atoms with Gasteiger partial charge in [-0.15, -0.1) is 0 Å². The smallest absolute Gasteiger partial charge is 0.120 e. The highest BCUT2D eigenvalue weighted by molar-refractivity contribution is 5.85. The Labute approximate surface area is 152 Å². The summed E-state index contributed by atoms with van der Waals surface area (Å²) in [5.41, 5.74) is 6.72. The van der Waals surface area contributed by atoms with E-state index < -0.39 is 0 Å². The third-order valence-corrected chi connectivity index (χ3v) is 5.53. The van der Waals surface area contributed by atoms with Gasteiger partial charge in [0.1, 0.15) is 5.82 Å². The molecule has 2 aromatic heterocycles. The minimum absolute atomic E-state index is 0.220. The largest absolute Gasteiger partial charge is 0.357 e. The van der Waals surface area contributed by atoms with E-state index >= 15 is 0 Å². The lowest BCUT2D eigenvalue weighted by atomic mass is 9.90. The quantitative estimate of drug-likeness (QED) is 0.581. The van der Waals surface area contributed by atoms with Gasteiger partial charge in [0.05, 0.1) is 12.6 Å². The first-order valence-electron chi connectivity index (χ1n) is 9.18. The summed E-state index contributed by atoms with van der Waals surface area (Å²) in [6, 6.07) is 17.6. The van der Waals surface area contributed by atoms with Crippen molar-refractivity contribution >= 4 is 10.9 Å². The number of rotatable bonds is 3. The van der Waals surface area contributed by atoms with Gasteiger partial charge in [0.25, 0.3) is 0 Å². The van der Waals surface area contributed by atoms with Crippen molar-refractivity contribution in [3.05, 3.63) is 89.1 Å². The van der Waals surface area contributed by atoms with E-state index in [0.717, 1.165) is 25.3 Å². The molecule has 0 bridgehead atoms. The SMILES string of the molecule is Cc1ccccc1C1c2[nH]c3ccccc3c2CCN1Cc1ncc[nH]1. The molecule has 26 heavy (non-hydrogen) atoms. The predicted molar refractivity (Wildman–Crippen MR) is 104 cm³/mol. The van der Waals surface area contributed by atoms with Crippen LogP contribution < -0.4 is 0 Å². The lowest BCUT2D eigenvalue weighted by molar-refractivity contribution is 0.197. The van der Waals surface area contributed by atoms with E-state index in [0.29, 0.717) is 0 Å². The van der Waals surface area contributed by atoms with Gasteiger partial charge in [-0.3, -0.25) is 4.90 Å². The van der Waals surface area contributed by atoms with Crippen LogP contribution in [0.5, 0.6) is 0 Å². The molecule has 4 nitrogen and oxygen atoms in total. The molecular formula is C22H22N4. The Bertz CT molecular complexity index is 1050. The molecule has 3 heterocycles. The Balaban J connectivity index is 1.67. The zero-order valence-corrected chi connectivity index (χ0v) is 14.9. The minimum atomic E-state index is 0.220. The van der Waals surface area contributed by atoms with Crippen LogP contribution in [0.2, 0.25) is 0 Å². The maximum absolute atomic E-state index is 4.45. The molecule has 5 rings (SSSR count). The number of aromatic amines is 2. The van der Waals surface area contributed by atoms with Crippen LogP contribution in [-0.2, 0) is 13.0 Å². The number of nitrogens with one attached hydrogen (secondary N) is 2. The fourth-order valence-corrected chi connectivity index (χ4v) is 4.28. The molecule has 0 amide bonds. The van der Waals surface area contributed by atoms with Gasteiger partial charge in [0.15, 0.2) is 0 Å². The highest BCUT2D eigenvalue weighted by Crippen LogP contribution is 2.39. The fraction of sp³-hybridized carbons (Fsp3) is 0.227. The van der Waals surface area contributed by atoms with E-state index in [-0.39, 0.29) is 6.04 Å². The number of imidazole rings is 1. The van der Waals surface area contributed by atoms with Crippen LogP contribution in [0.1, 0.15) is 34.3 Å². The third-order valence-electron chi connectivity index (χ3n) is 5.53. The third kappa shape index (κ3) is 2.45. The van der Waals surface area contributed by atoms with Crippen molar-refractivity contribution in [3.63, 3.8) is 0 Å². The molecule has 4 heteroatoms. The first-order valence-corrected chi connectivity index (χ1v) is 9.18. The first-order chi connectivity index (χ1) is 12.8. The van der Waals surface area contributed by atoms with Gasteiger partial charge in [0, 0.05) is 35.5 Å². The van der Waals surface area contributed by atoms with Crippen molar-refractivity contribution in [3.8, 4) is 0 Å². The lowest BCUT2D eigenvalue weighted by Crippen LogP contribution is -2.36. The molecule has 1 unspecified atom stereocenters. The van der Waals surface area contributed by atoms with Crippen LogP contribution in [0.4, 0.5) is 0 Å². The predicted octanol–water partition coefficient (Wildman–Crippen LogP) is 4.35. The number of fused-ring (bicyclic) bond motifs is 3. The van der Waals surface area contributed by atoms with Crippen LogP contribution in [0.25, 0.3) is 10.9 Å². The number of benzene rings is 2. The average Bonchev–Trinajstić information content (AvgIpc) is 3.30. The number of aromatic nitrogens is 3. The van der Waals surface area contributed by atoms with E-state index in [9.17, 15) is 0 Å². The van der Waals surface area contributed by atoms with Gasteiger partial charge in [-0.2, -0.15) is 0 Å². The van der Waals surface area contributed by atoms with Crippen LogP contribution in [-0.4, -0.2) is 26.4 Å². The highest BCUT2D eigenvalue weighted by Gasteiger charge is 2.32. The molecule has 1 aliphatic heterocycles. The van der Waals surface area contributed by atoms with Gasteiger partial charge < -0.3 is 9.97 Å². The van der Waals surface area contributed by atoms with E-state index in [1.54, 1.807) is 0 Å². The molecule has 1 atom stereocenters. The second-order valence-electron chi connectivity index (χ2n) is 7.08. The van der Waals surface area contributed by atoms with E-state index in [1.165, 1.54) is 33.3 Å². The number of nitrogens with zero attached hydrogens (tertiary/aromatic N) is 2. The van der Waals surface area contributed by atoms with Crippen LogP contribution >= 0.6 is 0 Å². The van der Waals surface area contributed by atoms with Gasteiger partial charge in [-0.1, -0.05) is 42.5 Å². The molecule has 0 radical (unpaired) electrons. The van der Waals surface area contributed by atoms with E-state index in [2.05, 4.69) is 75.3 Å². The zero-order valence-electron chi connectivity index (χ0n) is 14.9. The number of aryl methyl sites for hydroxylation is 1. The fourth-order valence-electron chi connectivity index (χ4n) is 4.28. The summed E-state index contributed by atoms with van der Waals surface area (Å²) in [6.45, 7) is 4.05. The Morgan fingerprint density at radius 3 is 2.81 bits per heavy atom. The molecule has 4 aromatic rings. The second-order valence-corrected chi connectivity index (χ2v) is 7.08. The average molecular weight is 342 g/mol. The standard InChI is InChI=1S/C22H22N4/c1-15-6-2-3-7-16(15)22-21-18(17-8-4-5-9-19(17)25-21)10-13-26(22)14-20-23-11-12-24-20/h2-9,11-12,22,25H,10,13-14H2,1H3,(H,23,24). The summed E-state index contributed by atoms with van der Waals surface area (Å²) in [7, 11) is 0. The summed E-state index contributed by atoms with van der Waals surface area (Å²) in [6.07, 6.45) is 4.79. The molecule has 130 valence electrons. The Morgan fingerprint density at radius 1 is 1.12 bits per heavy atom. The second kappa shape index (κ2) is 6.15. The maximum Gasteiger partial charge on any atom is 0.120 e. The van der Waals surface area contributed by atoms with Crippen molar-refractivity contribution in [2.75, 3.05) is 6.54 Å². The van der Waals surface area contributed by atoms with Crippen LogP contribution in [0.3, 0.4) is 0 Å². The normalized spacial score (nSPS) is 17.5. The molecule has 1 aliphatic rings. The summed E-state index contributed by atoms with van der Waals surface area (Å²) < 4.78 is 0. The Hall–Kier alpha value is -2.85. The lowest BCUT2D eigenvalue weighted by Gasteiger charge is -2.36. The zero-order chi connectivity index (χ0) is 17.5. The number of hydrogen-bond acceptors (Lipinski definition) is 2. The van der Waals surface area contributed by atoms with Crippen molar-refractivity contribution < 1.29 is 0 Å². The van der Waals surface area contributed by atoms with E-state index in [4.69, 9.17) is 0 Å². The number of hydrogen-bond donors (Lipinski definition) is 2. The van der Waals surface area contributed by atoms with Crippen molar-refractivity contribution in [2.45, 2.75) is 25.9 Å². The molecule has 2 aromatic carbocycles. The molecule has 0 fully saturated rings. The first kappa shape index (κ1) is 15.4. The van der Waals surface area contributed by atoms with E-state index in [1.807, 2.05) is 12.4 Å². The van der Waals surface area contributed by atoms with Crippen LogP contribution in [0.15, 0.2) is 60.9 Å². The molecule has 0 aliphatic carbocycles. The molecular weight excluding hydrogens is 320 g/mol. The summed E-state index contributed by atoms with van der Waals surface area (Å²) >= 11 is 0.